The molecule has 1 heterocycles. The Morgan fingerprint density at radius 1 is 0.226 bits per heavy atom. The molecule has 0 bridgehead atoms. The number of thiophene rings is 1. The third kappa shape index (κ3) is 6.15. The molecule has 0 aliphatic heterocycles. The zero-order valence-corrected chi connectivity index (χ0v) is 34.7. The van der Waals surface area contributed by atoms with Crippen LogP contribution in [0.3, 0.4) is 0 Å². The Morgan fingerprint density at radius 2 is 0.613 bits per heavy atom. The molecule has 0 unspecified atom stereocenters. The van der Waals surface area contributed by atoms with Gasteiger partial charge in [0.05, 0.1) is 0 Å². The molecule has 11 aromatic carbocycles. The Morgan fingerprint density at radius 3 is 1.19 bits per heavy atom. The highest BCUT2D eigenvalue weighted by atomic mass is 32.1. The summed E-state index contributed by atoms with van der Waals surface area (Å²) < 4.78 is 2.66. The molecule has 2 heteroatoms. The van der Waals surface area contributed by atoms with Gasteiger partial charge in [-0.25, -0.2) is 0 Å². The van der Waals surface area contributed by atoms with Gasteiger partial charge in [0.2, 0.25) is 0 Å². The molecular formula is C60H39NS. The van der Waals surface area contributed by atoms with Gasteiger partial charge >= 0.3 is 0 Å². The average Bonchev–Trinajstić information content (AvgIpc) is 3.75. The first kappa shape index (κ1) is 36.1. The number of fused-ring (bicyclic) bond motifs is 9. The van der Waals surface area contributed by atoms with Crippen molar-refractivity contribution in [2.45, 2.75) is 0 Å². The molecule has 0 amide bonds. The molecule has 62 heavy (non-hydrogen) atoms. The van der Waals surface area contributed by atoms with Gasteiger partial charge < -0.3 is 4.90 Å². The fraction of sp³-hybridized carbons (Fsp3) is 0. The van der Waals surface area contributed by atoms with Crippen LogP contribution >= 0.6 is 11.3 Å². The van der Waals surface area contributed by atoms with Gasteiger partial charge in [-0.3, -0.25) is 0 Å². The lowest BCUT2D eigenvalue weighted by molar-refractivity contribution is 1.29. The second-order valence-electron chi connectivity index (χ2n) is 16.0. The van der Waals surface area contributed by atoms with E-state index in [4.69, 9.17) is 0 Å². The fourth-order valence-electron chi connectivity index (χ4n) is 9.48. The number of nitrogens with zero attached hydrogens (tertiary/aromatic N) is 1. The van der Waals surface area contributed by atoms with Gasteiger partial charge in [-0.2, -0.15) is 0 Å². The Hall–Kier alpha value is -7.78. The third-order valence-electron chi connectivity index (χ3n) is 12.5. The average molecular weight is 806 g/mol. The van der Waals surface area contributed by atoms with Crippen molar-refractivity contribution in [2.75, 3.05) is 4.90 Å². The van der Waals surface area contributed by atoms with Gasteiger partial charge in [-0.05, 0) is 119 Å². The monoisotopic (exact) mass is 805 g/mol. The van der Waals surface area contributed by atoms with Crippen molar-refractivity contribution in [1.29, 1.82) is 0 Å². The van der Waals surface area contributed by atoms with Crippen molar-refractivity contribution in [3.63, 3.8) is 0 Å². The van der Waals surface area contributed by atoms with E-state index in [1.54, 1.807) is 0 Å². The van der Waals surface area contributed by atoms with Crippen molar-refractivity contribution >= 4 is 80.9 Å². The van der Waals surface area contributed by atoms with Crippen molar-refractivity contribution in [3.8, 4) is 44.5 Å². The summed E-state index contributed by atoms with van der Waals surface area (Å²) in [7, 11) is 0. The van der Waals surface area contributed by atoms with E-state index in [-0.39, 0.29) is 0 Å². The van der Waals surface area contributed by atoms with Gasteiger partial charge in [0.1, 0.15) is 0 Å². The first-order chi connectivity index (χ1) is 30.7. The largest absolute Gasteiger partial charge is 0.310 e. The highest BCUT2D eigenvalue weighted by Crippen LogP contribution is 2.45. The number of anilines is 3. The van der Waals surface area contributed by atoms with Crippen LogP contribution in [0.5, 0.6) is 0 Å². The van der Waals surface area contributed by atoms with Crippen LogP contribution in [0.4, 0.5) is 17.1 Å². The van der Waals surface area contributed by atoms with Crippen molar-refractivity contribution in [3.05, 3.63) is 237 Å². The summed E-state index contributed by atoms with van der Waals surface area (Å²) in [5, 5.41) is 10.2. The molecule has 0 aliphatic rings. The fourth-order valence-corrected chi connectivity index (χ4v) is 10.8. The van der Waals surface area contributed by atoms with Crippen LogP contribution in [-0.4, -0.2) is 0 Å². The van der Waals surface area contributed by atoms with Crippen LogP contribution in [0.2, 0.25) is 0 Å². The maximum atomic E-state index is 2.39. The van der Waals surface area contributed by atoms with Crippen LogP contribution in [-0.2, 0) is 0 Å². The normalized spacial score (nSPS) is 11.5. The first-order valence-electron chi connectivity index (χ1n) is 21.2. The Bertz CT molecular complexity index is 3570. The summed E-state index contributed by atoms with van der Waals surface area (Å²) >= 11 is 1.90. The van der Waals surface area contributed by atoms with Gasteiger partial charge in [-0.1, -0.05) is 194 Å². The lowest BCUT2D eigenvalue weighted by Gasteiger charge is -2.27. The number of hydrogen-bond acceptors (Lipinski definition) is 2. The Labute approximate surface area is 365 Å². The number of rotatable bonds is 7. The maximum Gasteiger partial charge on any atom is 0.0468 e. The van der Waals surface area contributed by atoms with Crippen molar-refractivity contribution in [2.24, 2.45) is 0 Å². The van der Waals surface area contributed by atoms with Crippen LogP contribution in [0, 0.1) is 0 Å². The van der Waals surface area contributed by atoms with E-state index in [1.165, 1.54) is 97.0 Å². The van der Waals surface area contributed by atoms with E-state index in [0.717, 1.165) is 17.1 Å². The minimum Gasteiger partial charge on any atom is -0.310 e. The van der Waals surface area contributed by atoms with Crippen LogP contribution in [0.1, 0.15) is 0 Å². The second kappa shape index (κ2) is 15.0. The van der Waals surface area contributed by atoms with Crippen molar-refractivity contribution < 1.29 is 0 Å². The molecule has 1 aromatic heterocycles. The topological polar surface area (TPSA) is 3.24 Å². The smallest absolute Gasteiger partial charge is 0.0468 e. The zero-order chi connectivity index (χ0) is 41.0. The predicted molar refractivity (Wildman–Crippen MR) is 268 cm³/mol. The van der Waals surface area contributed by atoms with Crippen molar-refractivity contribution in [1.82, 2.24) is 0 Å². The molecule has 12 rings (SSSR count). The molecule has 290 valence electrons. The first-order valence-corrected chi connectivity index (χ1v) is 22.1. The quantitative estimate of drug-likeness (QED) is 0.145. The maximum absolute atomic E-state index is 2.39. The lowest BCUT2D eigenvalue weighted by atomic mass is 9.94. The second-order valence-corrected chi connectivity index (χ2v) is 17.1. The Kier molecular flexibility index (Phi) is 8.76. The van der Waals surface area contributed by atoms with E-state index in [0.29, 0.717) is 0 Å². The Balaban J connectivity index is 0.953. The molecule has 0 N–H and O–H groups in total. The van der Waals surface area contributed by atoms with E-state index in [9.17, 15) is 0 Å². The summed E-state index contributed by atoms with van der Waals surface area (Å²) in [6, 6.07) is 86.5. The molecule has 0 saturated carbocycles. The standard InChI is InChI=1S/C60H39NS/c1-3-14-40(15-4-1)41-28-32-46(33-29-41)61(48-36-37-55-53-22-8-7-20-51(53)52-21-9-10-23-54(52)58(55)39-48)47-34-30-42(31-35-47)44-18-11-19-45(38-44)50-25-13-27-57-56-26-12-24-49(59(56)62-60(50)57)43-16-5-2-6-17-43/h1-39H. The van der Waals surface area contributed by atoms with Gasteiger partial charge in [0.25, 0.3) is 0 Å². The molecule has 0 radical (unpaired) electrons. The molecule has 0 spiro atoms. The molecule has 0 saturated heterocycles. The number of benzene rings is 11. The van der Waals surface area contributed by atoms with E-state index >= 15 is 0 Å². The molecule has 0 atom stereocenters. The summed E-state index contributed by atoms with van der Waals surface area (Å²) in [4.78, 5) is 2.39. The SMILES string of the molecule is c1ccc(-c2ccc(N(c3ccc(-c4cccc(-c5cccc6c5sc5c(-c7ccccc7)cccc56)c4)cc3)c3ccc4c5ccccc5c5ccccc5c4c3)cc2)cc1. The summed E-state index contributed by atoms with van der Waals surface area (Å²) in [5.41, 5.74) is 13.1. The summed E-state index contributed by atoms with van der Waals surface area (Å²) in [6.45, 7) is 0. The van der Waals surface area contributed by atoms with Gasteiger partial charge in [0.15, 0.2) is 0 Å². The van der Waals surface area contributed by atoms with Gasteiger partial charge in [-0.15, -0.1) is 11.3 Å². The van der Waals surface area contributed by atoms with E-state index in [1.807, 2.05) is 11.3 Å². The molecule has 12 aromatic rings. The molecule has 1 nitrogen and oxygen atoms in total. The highest BCUT2D eigenvalue weighted by Gasteiger charge is 2.18. The molecule has 0 fully saturated rings. The molecule has 0 aliphatic carbocycles. The third-order valence-corrected chi connectivity index (χ3v) is 13.7. The molecular weight excluding hydrogens is 767 g/mol. The highest BCUT2D eigenvalue weighted by molar-refractivity contribution is 7.26. The van der Waals surface area contributed by atoms with Crippen LogP contribution in [0.15, 0.2) is 237 Å². The van der Waals surface area contributed by atoms with E-state index < -0.39 is 0 Å². The lowest BCUT2D eigenvalue weighted by Crippen LogP contribution is -2.10. The minimum atomic E-state index is 1.10. The number of hydrogen-bond donors (Lipinski definition) is 0. The van der Waals surface area contributed by atoms with Gasteiger partial charge in [0, 0.05) is 37.2 Å². The summed E-state index contributed by atoms with van der Waals surface area (Å²) in [6.07, 6.45) is 0. The predicted octanol–water partition coefficient (Wildman–Crippen LogP) is 17.7. The van der Waals surface area contributed by atoms with E-state index in [2.05, 4.69) is 241 Å². The zero-order valence-electron chi connectivity index (χ0n) is 33.9. The van der Waals surface area contributed by atoms with Crippen LogP contribution in [0.25, 0.3) is 97.0 Å². The minimum absolute atomic E-state index is 1.10. The van der Waals surface area contributed by atoms with Crippen LogP contribution < -0.4 is 4.90 Å². The summed E-state index contributed by atoms with van der Waals surface area (Å²) in [5.74, 6) is 0.